The standard InChI is InChI=1S/C20H21N5/c1-12-23-19-16(7-8-21-20(19)24-12)18-10-14-9-13(5-6-17(14)25-18)11-22-15-3-2-4-15/h5-10,15,22,25H,2-4,11H2,1H3,(H,21,23,24). The average Bonchev–Trinajstić information content (AvgIpc) is 3.14. The Bertz CT molecular complexity index is 1050. The number of H-pyrrole nitrogens is 2. The van der Waals surface area contributed by atoms with Crippen LogP contribution in [0.2, 0.25) is 0 Å². The quantitative estimate of drug-likeness (QED) is 0.528. The number of rotatable bonds is 4. The van der Waals surface area contributed by atoms with Crippen LogP contribution in [-0.4, -0.2) is 26.0 Å². The molecule has 3 N–H and O–H groups in total. The van der Waals surface area contributed by atoms with E-state index in [9.17, 15) is 0 Å². The van der Waals surface area contributed by atoms with Gasteiger partial charge >= 0.3 is 0 Å². The van der Waals surface area contributed by atoms with Gasteiger partial charge in [0.25, 0.3) is 0 Å². The number of nitrogens with zero attached hydrogens (tertiary/aromatic N) is 2. The van der Waals surface area contributed by atoms with E-state index >= 15 is 0 Å². The summed E-state index contributed by atoms with van der Waals surface area (Å²) in [6, 6.07) is 11.6. The number of imidazole rings is 1. The molecular formula is C20H21N5. The first-order valence-corrected chi connectivity index (χ1v) is 8.93. The molecule has 5 heteroatoms. The monoisotopic (exact) mass is 331 g/mol. The van der Waals surface area contributed by atoms with Gasteiger partial charge in [0, 0.05) is 40.9 Å². The first kappa shape index (κ1) is 14.7. The Labute approximate surface area is 145 Å². The van der Waals surface area contributed by atoms with Crippen LogP contribution in [0.3, 0.4) is 0 Å². The summed E-state index contributed by atoms with van der Waals surface area (Å²) >= 11 is 0. The van der Waals surface area contributed by atoms with Crippen molar-refractivity contribution in [3.63, 3.8) is 0 Å². The van der Waals surface area contributed by atoms with E-state index in [0.29, 0.717) is 6.04 Å². The maximum Gasteiger partial charge on any atom is 0.158 e. The largest absolute Gasteiger partial charge is 0.354 e. The van der Waals surface area contributed by atoms with Gasteiger partial charge in [-0.2, -0.15) is 0 Å². The molecule has 1 fully saturated rings. The van der Waals surface area contributed by atoms with Crippen molar-refractivity contribution >= 4 is 22.1 Å². The lowest BCUT2D eigenvalue weighted by molar-refractivity contribution is 0.338. The smallest absolute Gasteiger partial charge is 0.158 e. The number of benzene rings is 1. The first-order valence-electron chi connectivity index (χ1n) is 8.93. The van der Waals surface area contributed by atoms with E-state index in [2.05, 4.69) is 49.5 Å². The van der Waals surface area contributed by atoms with E-state index in [1.54, 1.807) is 0 Å². The Morgan fingerprint density at radius 3 is 2.92 bits per heavy atom. The lowest BCUT2D eigenvalue weighted by atomic mass is 9.93. The minimum atomic E-state index is 0.713. The van der Waals surface area contributed by atoms with Gasteiger partial charge in [-0.1, -0.05) is 12.5 Å². The van der Waals surface area contributed by atoms with Crippen molar-refractivity contribution in [2.24, 2.45) is 0 Å². The fourth-order valence-electron chi connectivity index (χ4n) is 3.55. The zero-order valence-electron chi connectivity index (χ0n) is 14.3. The molecule has 1 aliphatic carbocycles. The third-order valence-corrected chi connectivity index (χ3v) is 5.18. The van der Waals surface area contributed by atoms with E-state index in [-0.39, 0.29) is 0 Å². The number of fused-ring (bicyclic) bond motifs is 2. The third kappa shape index (κ3) is 2.61. The van der Waals surface area contributed by atoms with Gasteiger partial charge in [-0.25, -0.2) is 9.97 Å². The Kier molecular flexibility index (Phi) is 3.35. The summed E-state index contributed by atoms with van der Waals surface area (Å²) in [4.78, 5) is 15.7. The molecule has 0 spiro atoms. The van der Waals surface area contributed by atoms with Gasteiger partial charge in [-0.15, -0.1) is 0 Å². The van der Waals surface area contributed by atoms with Gasteiger partial charge in [0.2, 0.25) is 0 Å². The van der Waals surface area contributed by atoms with Crippen molar-refractivity contribution in [2.45, 2.75) is 38.8 Å². The molecule has 5 nitrogen and oxygen atoms in total. The van der Waals surface area contributed by atoms with Crippen molar-refractivity contribution in [3.8, 4) is 11.3 Å². The summed E-state index contributed by atoms with van der Waals surface area (Å²) in [7, 11) is 0. The Morgan fingerprint density at radius 2 is 2.08 bits per heavy atom. The van der Waals surface area contributed by atoms with Crippen molar-refractivity contribution < 1.29 is 0 Å². The maximum absolute atomic E-state index is 4.59. The fraction of sp³-hybridized carbons (Fsp3) is 0.300. The molecule has 3 heterocycles. The third-order valence-electron chi connectivity index (χ3n) is 5.18. The molecule has 0 bridgehead atoms. The molecule has 0 unspecified atom stereocenters. The molecule has 5 rings (SSSR count). The summed E-state index contributed by atoms with van der Waals surface area (Å²) < 4.78 is 0. The minimum Gasteiger partial charge on any atom is -0.354 e. The number of aryl methyl sites for hydroxylation is 1. The summed E-state index contributed by atoms with van der Waals surface area (Å²) in [6.45, 7) is 2.90. The van der Waals surface area contributed by atoms with Gasteiger partial charge in [0.15, 0.2) is 5.65 Å². The predicted octanol–water partition coefficient (Wildman–Crippen LogP) is 4.06. The number of hydrogen-bond donors (Lipinski definition) is 3. The zero-order valence-corrected chi connectivity index (χ0v) is 14.3. The Balaban J connectivity index is 1.50. The molecular weight excluding hydrogens is 310 g/mol. The van der Waals surface area contributed by atoms with Crippen molar-refractivity contribution in [1.82, 2.24) is 25.3 Å². The molecule has 3 aromatic heterocycles. The molecule has 1 aromatic carbocycles. The van der Waals surface area contributed by atoms with Gasteiger partial charge in [-0.3, -0.25) is 0 Å². The highest BCUT2D eigenvalue weighted by atomic mass is 15.0. The minimum absolute atomic E-state index is 0.713. The van der Waals surface area contributed by atoms with Crippen LogP contribution in [0, 0.1) is 6.92 Å². The highest BCUT2D eigenvalue weighted by molar-refractivity contribution is 5.94. The van der Waals surface area contributed by atoms with E-state index in [0.717, 1.165) is 40.3 Å². The van der Waals surface area contributed by atoms with Gasteiger partial charge in [-0.05, 0) is 49.6 Å². The lowest BCUT2D eigenvalue weighted by Gasteiger charge is -2.26. The lowest BCUT2D eigenvalue weighted by Crippen LogP contribution is -2.34. The highest BCUT2D eigenvalue weighted by Crippen LogP contribution is 2.29. The average molecular weight is 331 g/mol. The molecule has 4 aromatic rings. The number of hydrogen-bond acceptors (Lipinski definition) is 3. The second kappa shape index (κ2) is 5.70. The van der Waals surface area contributed by atoms with Crippen LogP contribution in [0.25, 0.3) is 33.3 Å². The number of pyridine rings is 1. The van der Waals surface area contributed by atoms with Gasteiger partial charge in [0.05, 0.1) is 0 Å². The van der Waals surface area contributed by atoms with Crippen molar-refractivity contribution in [2.75, 3.05) is 0 Å². The summed E-state index contributed by atoms with van der Waals surface area (Å²) in [6.07, 6.45) is 5.83. The molecule has 0 amide bonds. The SMILES string of the molecule is Cc1nc2c(-c3cc4cc(CNC5CCC5)ccc4[nH]3)ccnc2[nH]1. The molecule has 0 saturated heterocycles. The van der Waals surface area contributed by atoms with Gasteiger partial charge in [0.1, 0.15) is 11.3 Å². The van der Waals surface area contributed by atoms with Crippen LogP contribution in [0.4, 0.5) is 0 Å². The maximum atomic E-state index is 4.59. The van der Waals surface area contributed by atoms with E-state index in [1.807, 2.05) is 19.2 Å². The molecule has 1 aliphatic rings. The Morgan fingerprint density at radius 1 is 1.16 bits per heavy atom. The first-order chi connectivity index (χ1) is 12.3. The van der Waals surface area contributed by atoms with Crippen molar-refractivity contribution in [1.29, 1.82) is 0 Å². The molecule has 0 aliphatic heterocycles. The van der Waals surface area contributed by atoms with Gasteiger partial charge < -0.3 is 15.3 Å². The number of aromatic amines is 2. The molecule has 25 heavy (non-hydrogen) atoms. The zero-order chi connectivity index (χ0) is 16.8. The predicted molar refractivity (Wildman–Crippen MR) is 100 cm³/mol. The molecule has 0 radical (unpaired) electrons. The van der Waals surface area contributed by atoms with Crippen molar-refractivity contribution in [3.05, 3.63) is 47.9 Å². The van der Waals surface area contributed by atoms with Crippen LogP contribution in [0.5, 0.6) is 0 Å². The topological polar surface area (TPSA) is 69.4 Å². The van der Waals surface area contributed by atoms with Crippen LogP contribution in [-0.2, 0) is 6.54 Å². The summed E-state index contributed by atoms with van der Waals surface area (Å²) in [5.41, 5.74) is 6.40. The Hall–Kier alpha value is -2.66. The molecule has 0 atom stereocenters. The molecule has 1 saturated carbocycles. The second-order valence-electron chi connectivity index (χ2n) is 6.99. The highest BCUT2D eigenvalue weighted by Gasteiger charge is 2.16. The summed E-state index contributed by atoms with van der Waals surface area (Å²) in [5.74, 6) is 0.885. The normalized spacial score (nSPS) is 15.1. The van der Waals surface area contributed by atoms with Crippen LogP contribution < -0.4 is 5.32 Å². The van der Waals surface area contributed by atoms with E-state index < -0.39 is 0 Å². The summed E-state index contributed by atoms with van der Waals surface area (Å²) in [5, 5.41) is 4.87. The number of aromatic nitrogens is 4. The van der Waals surface area contributed by atoms with Crippen LogP contribution in [0.15, 0.2) is 36.5 Å². The van der Waals surface area contributed by atoms with E-state index in [1.165, 1.54) is 30.2 Å². The molecule has 126 valence electrons. The van der Waals surface area contributed by atoms with Crippen LogP contribution in [0.1, 0.15) is 30.7 Å². The fourth-order valence-corrected chi connectivity index (χ4v) is 3.55. The van der Waals surface area contributed by atoms with E-state index in [4.69, 9.17) is 0 Å². The second-order valence-corrected chi connectivity index (χ2v) is 6.99. The van der Waals surface area contributed by atoms with Crippen LogP contribution >= 0.6 is 0 Å². The number of nitrogens with one attached hydrogen (secondary N) is 3.